The molecule has 1 aromatic carbocycles. The lowest BCUT2D eigenvalue weighted by molar-refractivity contribution is 0.0287. The summed E-state index contributed by atoms with van der Waals surface area (Å²) < 4.78 is 0. The molecule has 0 bridgehead atoms. The van der Waals surface area contributed by atoms with Crippen LogP contribution in [0, 0.1) is 0 Å². The van der Waals surface area contributed by atoms with Crippen LogP contribution in [0.4, 0.5) is 5.69 Å². The number of fused-ring (bicyclic) bond motifs is 1. The molecular formula is C12H17NO. The molecule has 0 saturated carbocycles. The van der Waals surface area contributed by atoms with E-state index in [9.17, 15) is 5.11 Å². The maximum Gasteiger partial charge on any atom is 0.0902 e. The summed E-state index contributed by atoms with van der Waals surface area (Å²) in [6.45, 7) is 2.10. The molecule has 0 saturated heterocycles. The van der Waals surface area contributed by atoms with Crippen molar-refractivity contribution in [1.29, 1.82) is 0 Å². The maximum absolute atomic E-state index is 10.4. The molecule has 3 N–H and O–H groups in total. The Morgan fingerprint density at radius 1 is 1.50 bits per heavy atom. The summed E-state index contributed by atoms with van der Waals surface area (Å²) in [6, 6.07) is 5.85. The van der Waals surface area contributed by atoms with Crippen LogP contribution in [-0.4, -0.2) is 5.11 Å². The van der Waals surface area contributed by atoms with Gasteiger partial charge >= 0.3 is 0 Å². The van der Waals surface area contributed by atoms with Gasteiger partial charge in [-0.2, -0.15) is 0 Å². The number of aryl methyl sites for hydroxylation is 1. The number of rotatable bonds is 2. The average molecular weight is 191 g/mol. The third-order valence-electron chi connectivity index (χ3n) is 3.10. The van der Waals surface area contributed by atoms with Crippen molar-refractivity contribution in [3.8, 4) is 0 Å². The van der Waals surface area contributed by atoms with Crippen molar-refractivity contribution in [1.82, 2.24) is 0 Å². The molecule has 0 amide bonds. The first kappa shape index (κ1) is 9.53. The molecule has 76 valence electrons. The van der Waals surface area contributed by atoms with Gasteiger partial charge in [0.2, 0.25) is 0 Å². The lowest BCUT2D eigenvalue weighted by Crippen LogP contribution is -2.21. The van der Waals surface area contributed by atoms with E-state index >= 15 is 0 Å². The van der Waals surface area contributed by atoms with Gasteiger partial charge in [0.25, 0.3) is 0 Å². The Balaban J connectivity index is 2.39. The van der Waals surface area contributed by atoms with Crippen LogP contribution in [0.15, 0.2) is 18.2 Å². The summed E-state index contributed by atoms with van der Waals surface area (Å²) in [7, 11) is 0. The minimum Gasteiger partial charge on any atom is -0.399 e. The normalized spacial score (nSPS) is 25.0. The van der Waals surface area contributed by atoms with Gasteiger partial charge in [0.05, 0.1) is 5.60 Å². The zero-order valence-electron chi connectivity index (χ0n) is 8.59. The highest BCUT2D eigenvalue weighted by Crippen LogP contribution is 2.40. The maximum atomic E-state index is 10.4. The summed E-state index contributed by atoms with van der Waals surface area (Å²) in [4.78, 5) is 0. The number of nitrogen functional groups attached to an aromatic ring is 1. The monoisotopic (exact) mass is 191 g/mol. The number of aliphatic hydroxyl groups is 1. The van der Waals surface area contributed by atoms with Crippen molar-refractivity contribution >= 4 is 5.69 Å². The van der Waals surface area contributed by atoms with E-state index in [1.165, 1.54) is 5.56 Å². The third-order valence-corrected chi connectivity index (χ3v) is 3.10. The number of anilines is 1. The van der Waals surface area contributed by atoms with Crippen LogP contribution in [0.1, 0.15) is 37.3 Å². The minimum atomic E-state index is -0.586. The zero-order chi connectivity index (χ0) is 10.2. The van der Waals surface area contributed by atoms with Gasteiger partial charge in [0.1, 0.15) is 0 Å². The molecule has 1 aliphatic rings. The van der Waals surface area contributed by atoms with Gasteiger partial charge in [-0.25, -0.2) is 0 Å². The van der Waals surface area contributed by atoms with E-state index in [4.69, 9.17) is 5.73 Å². The van der Waals surface area contributed by atoms with Crippen LogP contribution in [0.3, 0.4) is 0 Å². The first-order chi connectivity index (χ1) is 6.65. The molecule has 14 heavy (non-hydrogen) atoms. The van der Waals surface area contributed by atoms with Gasteiger partial charge in [0.15, 0.2) is 0 Å². The van der Waals surface area contributed by atoms with E-state index in [2.05, 4.69) is 6.92 Å². The molecule has 2 heteroatoms. The number of benzene rings is 1. The van der Waals surface area contributed by atoms with Crippen LogP contribution in [0.2, 0.25) is 0 Å². The van der Waals surface area contributed by atoms with Crippen molar-refractivity contribution in [2.75, 3.05) is 5.73 Å². The molecule has 1 aliphatic carbocycles. The van der Waals surface area contributed by atoms with Gasteiger partial charge < -0.3 is 10.8 Å². The number of hydrogen-bond donors (Lipinski definition) is 2. The second-order valence-corrected chi connectivity index (χ2v) is 4.20. The molecule has 0 heterocycles. The van der Waals surface area contributed by atoms with Gasteiger partial charge in [-0.3, -0.25) is 0 Å². The smallest absolute Gasteiger partial charge is 0.0902 e. The molecule has 0 aliphatic heterocycles. The highest BCUT2D eigenvalue weighted by molar-refractivity contribution is 5.48. The van der Waals surface area contributed by atoms with Gasteiger partial charge in [-0.05, 0) is 42.5 Å². The Morgan fingerprint density at radius 2 is 2.29 bits per heavy atom. The Bertz CT molecular complexity index is 348. The lowest BCUT2D eigenvalue weighted by atomic mass is 9.91. The van der Waals surface area contributed by atoms with Crippen molar-refractivity contribution in [2.24, 2.45) is 0 Å². The van der Waals surface area contributed by atoms with Crippen LogP contribution >= 0.6 is 0 Å². The fraction of sp³-hybridized carbons (Fsp3) is 0.500. The highest BCUT2D eigenvalue weighted by atomic mass is 16.3. The lowest BCUT2D eigenvalue weighted by Gasteiger charge is -2.23. The predicted molar refractivity (Wildman–Crippen MR) is 58.0 cm³/mol. The topological polar surface area (TPSA) is 46.2 Å². The first-order valence-corrected chi connectivity index (χ1v) is 5.27. The van der Waals surface area contributed by atoms with Crippen LogP contribution in [-0.2, 0) is 12.0 Å². The molecule has 1 unspecified atom stereocenters. The molecule has 2 rings (SSSR count). The summed E-state index contributed by atoms with van der Waals surface area (Å²) in [5, 5.41) is 10.4. The van der Waals surface area contributed by atoms with Crippen LogP contribution in [0.25, 0.3) is 0 Å². The van der Waals surface area contributed by atoms with E-state index in [-0.39, 0.29) is 0 Å². The molecular weight excluding hydrogens is 174 g/mol. The van der Waals surface area contributed by atoms with E-state index in [1.807, 2.05) is 18.2 Å². The standard InChI is InChI=1S/C12H17NO/c1-2-6-12(14)7-5-9-8-10(13)3-4-11(9)12/h3-4,8,14H,2,5-7,13H2,1H3. The molecule has 1 aromatic rings. The molecule has 2 nitrogen and oxygen atoms in total. The fourth-order valence-corrected chi connectivity index (χ4v) is 2.42. The summed E-state index contributed by atoms with van der Waals surface area (Å²) in [5.74, 6) is 0. The summed E-state index contributed by atoms with van der Waals surface area (Å²) in [5.41, 5.74) is 8.24. The van der Waals surface area contributed by atoms with Gasteiger partial charge in [-0.15, -0.1) is 0 Å². The second kappa shape index (κ2) is 3.28. The van der Waals surface area contributed by atoms with Crippen LogP contribution < -0.4 is 5.73 Å². The van der Waals surface area contributed by atoms with Crippen molar-refractivity contribution in [2.45, 2.75) is 38.2 Å². The zero-order valence-corrected chi connectivity index (χ0v) is 8.59. The Labute approximate surface area is 84.7 Å². The first-order valence-electron chi connectivity index (χ1n) is 5.27. The molecule has 0 spiro atoms. The summed E-state index contributed by atoms with van der Waals surface area (Å²) in [6.07, 6.45) is 3.67. The molecule has 0 radical (unpaired) electrons. The predicted octanol–water partition coefficient (Wildman–Crippen LogP) is 2.20. The quantitative estimate of drug-likeness (QED) is 0.704. The van der Waals surface area contributed by atoms with E-state index < -0.39 is 5.60 Å². The highest BCUT2D eigenvalue weighted by Gasteiger charge is 2.35. The third kappa shape index (κ3) is 1.40. The van der Waals surface area contributed by atoms with Crippen molar-refractivity contribution in [3.63, 3.8) is 0 Å². The van der Waals surface area contributed by atoms with Gasteiger partial charge in [-0.1, -0.05) is 19.4 Å². The largest absolute Gasteiger partial charge is 0.399 e. The van der Waals surface area contributed by atoms with E-state index in [0.717, 1.165) is 36.9 Å². The number of hydrogen-bond acceptors (Lipinski definition) is 2. The van der Waals surface area contributed by atoms with Crippen molar-refractivity contribution < 1.29 is 5.11 Å². The number of nitrogens with two attached hydrogens (primary N) is 1. The van der Waals surface area contributed by atoms with E-state index in [1.54, 1.807) is 0 Å². The average Bonchev–Trinajstić information content (AvgIpc) is 2.44. The van der Waals surface area contributed by atoms with Crippen molar-refractivity contribution in [3.05, 3.63) is 29.3 Å². The molecule has 0 aromatic heterocycles. The minimum absolute atomic E-state index is 0.586. The van der Waals surface area contributed by atoms with Gasteiger partial charge in [0, 0.05) is 5.69 Å². The Morgan fingerprint density at radius 3 is 3.00 bits per heavy atom. The second-order valence-electron chi connectivity index (χ2n) is 4.20. The summed E-state index contributed by atoms with van der Waals surface area (Å²) >= 11 is 0. The van der Waals surface area contributed by atoms with E-state index in [0.29, 0.717) is 0 Å². The SMILES string of the molecule is CCCC1(O)CCc2cc(N)ccc21. The fourth-order valence-electron chi connectivity index (χ4n) is 2.42. The Hall–Kier alpha value is -1.02. The Kier molecular flexibility index (Phi) is 2.23. The molecule has 1 atom stereocenters. The van der Waals surface area contributed by atoms with Crippen LogP contribution in [0.5, 0.6) is 0 Å². The molecule has 0 fully saturated rings.